The number of anilines is 2. The molecule has 0 spiro atoms. The second kappa shape index (κ2) is 9.44. The molecule has 10 heteroatoms. The number of nitrogens with zero attached hydrogens (tertiary/aromatic N) is 2. The Labute approximate surface area is 182 Å². The van der Waals surface area contributed by atoms with Gasteiger partial charge in [0.15, 0.2) is 5.69 Å². The van der Waals surface area contributed by atoms with E-state index in [9.17, 15) is 18.8 Å². The number of aromatic amines is 1. The number of unbranched alkanes of at least 4 members (excludes halogenated alkanes) is 1. The van der Waals surface area contributed by atoms with Crippen LogP contribution >= 0.6 is 11.3 Å². The Hall–Kier alpha value is -2.98. The van der Waals surface area contributed by atoms with E-state index in [2.05, 4.69) is 4.98 Å². The number of nitrogens with two attached hydrogens (primary N) is 1. The summed E-state index contributed by atoms with van der Waals surface area (Å²) in [5, 5.41) is 0.323. The lowest BCUT2D eigenvalue weighted by Crippen LogP contribution is -2.41. The average Bonchev–Trinajstić information content (AvgIpc) is 3.10. The van der Waals surface area contributed by atoms with Crippen molar-refractivity contribution >= 4 is 38.8 Å². The highest BCUT2D eigenvalue weighted by Gasteiger charge is 2.28. The highest BCUT2D eigenvalue weighted by Crippen LogP contribution is 2.35. The molecule has 0 radical (unpaired) electrons. The molecular weight excluding hydrogens is 423 g/mol. The van der Waals surface area contributed by atoms with E-state index in [1.807, 2.05) is 6.92 Å². The topological polar surface area (TPSA) is 110 Å². The maximum absolute atomic E-state index is 14.5. The summed E-state index contributed by atoms with van der Waals surface area (Å²) in [6, 6.07) is 4.62. The van der Waals surface area contributed by atoms with Crippen LogP contribution in [0.1, 0.15) is 41.9 Å². The van der Waals surface area contributed by atoms with E-state index in [1.54, 1.807) is 19.1 Å². The van der Waals surface area contributed by atoms with Gasteiger partial charge in [0.1, 0.15) is 11.6 Å². The third-order valence-corrected chi connectivity index (χ3v) is 6.21. The van der Waals surface area contributed by atoms with Gasteiger partial charge in [0.25, 0.3) is 11.5 Å². The molecule has 0 aliphatic heterocycles. The first-order chi connectivity index (χ1) is 14.8. The zero-order valence-electron chi connectivity index (χ0n) is 17.7. The van der Waals surface area contributed by atoms with Crippen LogP contribution in [0.4, 0.5) is 15.9 Å². The molecule has 0 fully saturated rings. The summed E-state index contributed by atoms with van der Waals surface area (Å²) >= 11 is 1.12. The van der Waals surface area contributed by atoms with Crippen LogP contribution in [0, 0.1) is 5.82 Å². The minimum absolute atomic E-state index is 0.0292. The number of nitrogen functional groups attached to an aromatic ring is 1. The number of thiophene rings is 1. The smallest absolute Gasteiger partial charge is 0.330 e. The molecule has 2 aromatic heterocycles. The van der Waals surface area contributed by atoms with Crippen LogP contribution in [0.3, 0.4) is 0 Å². The first-order valence-corrected chi connectivity index (χ1v) is 10.8. The summed E-state index contributed by atoms with van der Waals surface area (Å²) in [4.78, 5) is 42.1. The molecule has 3 aromatic rings. The molecule has 31 heavy (non-hydrogen) atoms. The molecule has 0 bridgehead atoms. The van der Waals surface area contributed by atoms with Crippen LogP contribution in [0.2, 0.25) is 0 Å². The van der Waals surface area contributed by atoms with Gasteiger partial charge in [-0.15, -0.1) is 11.3 Å². The van der Waals surface area contributed by atoms with E-state index >= 15 is 0 Å². The Bertz CT molecular complexity index is 1230. The number of nitrogens with one attached hydrogen (secondary N) is 1. The van der Waals surface area contributed by atoms with Gasteiger partial charge in [-0.2, -0.15) is 0 Å². The van der Waals surface area contributed by atoms with Crippen molar-refractivity contribution in [2.75, 3.05) is 24.3 Å². The van der Waals surface area contributed by atoms with Crippen molar-refractivity contribution in [3.63, 3.8) is 0 Å². The zero-order valence-corrected chi connectivity index (χ0v) is 18.5. The van der Waals surface area contributed by atoms with E-state index in [0.29, 0.717) is 28.6 Å². The van der Waals surface area contributed by atoms with Gasteiger partial charge in [-0.05, 0) is 25.5 Å². The van der Waals surface area contributed by atoms with E-state index in [-0.39, 0.29) is 29.5 Å². The van der Waals surface area contributed by atoms with Crippen molar-refractivity contribution in [3.05, 3.63) is 55.3 Å². The number of benzene rings is 1. The van der Waals surface area contributed by atoms with Crippen molar-refractivity contribution in [3.8, 4) is 0 Å². The lowest BCUT2D eigenvalue weighted by atomic mass is 10.1. The van der Waals surface area contributed by atoms with E-state index < -0.39 is 23.0 Å². The third-order valence-electron chi connectivity index (χ3n) is 5.03. The number of fused-ring (bicyclic) bond motifs is 1. The molecule has 2 heterocycles. The van der Waals surface area contributed by atoms with Crippen LogP contribution in [0.5, 0.6) is 0 Å². The number of amides is 1. The van der Waals surface area contributed by atoms with Crippen molar-refractivity contribution in [2.24, 2.45) is 0 Å². The second-order valence-electron chi connectivity index (χ2n) is 7.00. The lowest BCUT2D eigenvalue weighted by Gasteiger charge is -2.23. The largest absolute Gasteiger partial charge is 0.383 e. The van der Waals surface area contributed by atoms with E-state index in [0.717, 1.165) is 17.8 Å². The molecule has 3 N–H and O–H groups in total. The first kappa shape index (κ1) is 22.7. The van der Waals surface area contributed by atoms with Crippen molar-refractivity contribution < 1.29 is 13.9 Å². The van der Waals surface area contributed by atoms with Gasteiger partial charge in [0.05, 0.1) is 11.5 Å². The Morgan fingerprint density at radius 3 is 2.71 bits per heavy atom. The normalized spacial score (nSPS) is 11.2. The van der Waals surface area contributed by atoms with Gasteiger partial charge in [0.2, 0.25) is 0 Å². The summed E-state index contributed by atoms with van der Waals surface area (Å²) in [7, 11) is 1.46. The molecule has 0 aliphatic rings. The van der Waals surface area contributed by atoms with Gasteiger partial charge in [-0.3, -0.25) is 19.1 Å². The first-order valence-electron chi connectivity index (χ1n) is 9.98. The van der Waals surface area contributed by atoms with Crippen LogP contribution in [0.25, 0.3) is 10.1 Å². The number of rotatable bonds is 8. The highest BCUT2D eigenvalue weighted by molar-refractivity contribution is 7.21. The van der Waals surface area contributed by atoms with E-state index in [1.165, 1.54) is 22.6 Å². The fourth-order valence-electron chi connectivity index (χ4n) is 3.52. The number of methoxy groups -OCH3 is 1. The molecule has 8 nitrogen and oxygen atoms in total. The van der Waals surface area contributed by atoms with Crippen molar-refractivity contribution in [1.82, 2.24) is 9.55 Å². The minimum Gasteiger partial charge on any atom is -0.383 e. The Morgan fingerprint density at radius 1 is 1.32 bits per heavy atom. The number of H-pyrrole nitrogens is 1. The Balaban J connectivity index is 2.18. The fourth-order valence-corrected chi connectivity index (χ4v) is 4.70. The molecule has 3 rings (SSSR count). The number of carbonyl (C=O) groups is 1. The molecule has 166 valence electrons. The molecular formula is C21H25FN4O4S. The van der Waals surface area contributed by atoms with E-state index in [4.69, 9.17) is 10.5 Å². The summed E-state index contributed by atoms with van der Waals surface area (Å²) in [5.41, 5.74) is 5.14. The minimum atomic E-state index is -0.744. The molecule has 0 saturated heterocycles. The van der Waals surface area contributed by atoms with Crippen LogP contribution in [0.15, 0.2) is 27.8 Å². The van der Waals surface area contributed by atoms with Crippen LogP contribution < -0.4 is 21.9 Å². The summed E-state index contributed by atoms with van der Waals surface area (Å²) in [5.74, 6) is -1.03. The summed E-state index contributed by atoms with van der Waals surface area (Å²) in [6.07, 6.45) is 1.51. The Kier molecular flexibility index (Phi) is 6.91. The van der Waals surface area contributed by atoms with Gasteiger partial charge in [-0.1, -0.05) is 19.4 Å². The summed E-state index contributed by atoms with van der Waals surface area (Å²) < 4.78 is 21.6. The maximum Gasteiger partial charge on any atom is 0.330 e. The van der Waals surface area contributed by atoms with Gasteiger partial charge < -0.3 is 15.4 Å². The van der Waals surface area contributed by atoms with Crippen LogP contribution in [-0.2, 0) is 17.9 Å². The standard InChI is InChI=1S/C21H25FN4O4S/c1-4-6-10-26-18(23)16(19(27)24-21(26)29)25(5-2)20(28)17-12(11-30-3)15-13(22)8-7-9-14(15)31-17/h7-9H,4-6,10-11,23H2,1-3H3,(H,24,27,29). The molecule has 0 atom stereocenters. The quantitative estimate of drug-likeness (QED) is 0.550. The molecule has 0 aliphatic carbocycles. The number of carbonyl (C=O) groups excluding carboxylic acids is 1. The van der Waals surface area contributed by atoms with Gasteiger partial charge >= 0.3 is 5.69 Å². The zero-order chi connectivity index (χ0) is 22.7. The molecule has 1 aromatic carbocycles. The second-order valence-corrected chi connectivity index (χ2v) is 8.06. The molecule has 1 amide bonds. The number of halogens is 1. The average molecular weight is 449 g/mol. The Morgan fingerprint density at radius 2 is 2.06 bits per heavy atom. The predicted molar refractivity (Wildman–Crippen MR) is 120 cm³/mol. The number of hydrogen-bond acceptors (Lipinski definition) is 6. The molecule has 0 saturated carbocycles. The van der Waals surface area contributed by atoms with Crippen molar-refractivity contribution in [2.45, 2.75) is 39.8 Å². The number of ether oxygens (including phenoxy) is 1. The lowest BCUT2D eigenvalue weighted by molar-refractivity contribution is 0.0987. The maximum atomic E-state index is 14.5. The number of hydrogen-bond donors (Lipinski definition) is 2. The van der Waals surface area contributed by atoms with Gasteiger partial charge in [-0.25, -0.2) is 9.18 Å². The SMILES string of the molecule is CCCCn1c(N)c(N(CC)C(=O)c2sc3cccc(F)c3c2COC)c(=O)[nH]c1=O. The third kappa shape index (κ3) is 4.13. The monoisotopic (exact) mass is 448 g/mol. The van der Waals surface area contributed by atoms with Gasteiger partial charge in [0, 0.05) is 35.8 Å². The van der Waals surface area contributed by atoms with Crippen molar-refractivity contribution in [1.29, 1.82) is 0 Å². The molecule has 0 unspecified atom stereocenters. The highest BCUT2D eigenvalue weighted by atomic mass is 32.1. The fraction of sp³-hybridized carbons (Fsp3) is 0.381. The summed E-state index contributed by atoms with van der Waals surface area (Å²) in [6.45, 7) is 4.14. The predicted octanol–water partition coefficient (Wildman–Crippen LogP) is 3.09. The van der Waals surface area contributed by atoms with Crippen LogP contribution in [-0.4, -0.2) is 29.1 Å². The number of aromatic nitrogens is 2.